The zero-order valence-corrected chi connectivity index (χ0v) is 11.8. The number of ether oxygens (including phenoxy) is 2. The zero-order valence-electron chi connectivity index (χ0n) is 11.8. The highest BCUT2D eigenvalue weighted by molar-refractivity contribution is 5.90. The van der Waals surface area contributed by atoms with Gasteiger partial charge in [0.25, 0.3) is 0 Å². The Hall–Kier alpha value is -1.55. The van der Waals surface area contributed by atoms with Gasteiger partial charge in [0.15, 0.2) is 0 Å². The molecule has 19 heavy (non-hydrogen) atoms. The average Bonchev–Trinajstić information content (AvgIpc) is 2.32. The van der Waals surface area contributed by atoms with Gasteiger partial charge in [-0.1, -0.05) is 32.9 Å². The Balaban J connectivity index is 2.28. The van der Waals surface area contributed by atoms with Crippen LogP contribution >= 0.6 is 0 Å². The zero-order chi connectivity index (χ0) is 14.3. The van der Waals surface area contributed by atoms with Gasteiger partial charge >= 0.3 is 5.97 Å². The van der Waals surface area contributed by atoms with Crippen molar-refractivity contribution in [1.29, 1.82) is 0 Å². The maximum atomic E-state index is 11.0. The smallest absolute Gasteiger partial charge is 0.339 e. The summed E-state index contributed by atoms with van der Waals surface area (Å²) in [6.45, 7) is 7.99. The lowest BCUT2D eigenvalue weighted by atomic mass is 9.93. The Morgan fingerprint density at radius 3 is 2.47 bits per heavy atom. The van der Waals surface area contributed by atoms with Gasteiger partial charge in [-0.25, -0.2) is 4.79 Å². The third-order valence-electron chi connectivity index (χ3n) is 2.60. The van der Waals surface area contributed by atoms with Crippen molar-refractivity contribution >= 4 is 5.97 Å². The number of rotatable bonds is 7. The third kappa shape index (κ3) is 6.25. The molecular weight excluding hydrogens is 244 g/mol. The fourth-order valence-electron chi connectivity index (χ4n) is 1.46. The summed E-state index contributed by atoms with van der Waals surface area (Å²) in [6.07, 6.45) is 0.985. The van der Waals surface area contributed by atoms with Crippen LogP contribution in [0.4, 0.5) is 0 Å². The molecule has 0 aromatic heterocycles. The van der Waals surface area contributed by atoms with Crippen molar-refractivity contribution in [3.8, 4) is 5.75 Å². The molecule has 106 valence electrons. The molecule has 0 amide bonds. The highest BCUT2D eigenvalue weighted by Gasteiger charge is 2.10. The minimum atomic E-state index is -0.982. The summed E-state index contributed by atoms with van der Waals surface area (Å²) in [6, 6.07) is 6.61. The molecule has 0 saturated carbocycles. The number of benzene rings is 1. The molecule has 1 aromatic carbocycles. The van der Waals surface area contributed by atoms with Gasteiger partial charge in [-0.15, -0.1) is 0 Å². The quantitative estimate of drug-likeness (QED) is 0.770. The van der Waals surface area contributed by atoms with Crippen LogP contribution in [0, 0.1) is 5.41 Å². The molecule has 0 spiro atoms. The summed E-state index contributed by atoms with van der Waals surface area (Å²) in [5.41, 5.74) is 0.439. The molecular formula is C15H22O4. The number of hydrogen-bond donors (Lipinski definition) is 1. The van der Waals surface area contributed by atoms with Crippen LogP contribution in [0.5, 0.6) is 5.75 Å². The van der Waals surface area contributed by atoms with E-state index in [1.807, 2.05) is 0 Å². The van der Waals surface area contributed by atoms with Crippen LogP contribution in [0.25, 0.3) is 0 Å². The van der Waals surface area contributed by atoms with E-state index in [1.54, 1.807) is 18.2 Å². The Kier molecular flexibility index (Phi) is 5.83. The van der Waals surface area contributed by atoms with E-state index in [9.17, 15) is 4.79 Å². The van der Waals surface area contributed by atoms with E-state index in [4.69, 9.17) is 14.6 Å². The van der Waals surface area contributed by atoms with Gasteiger partial charge in [0.2, 0.25) is 0 Å². The number of carbonyl (C=O) groups is 1. The topological polar surface area (TPSA) is 55.8 Å². The Bertz CT molecular complexity index is 407. The van der Waals surface area contributed by atoms with Crippen molar-refractivity contribution in [1.82, 2.24) is 0 Å². The van der Waals surface area contributed by atoms with Gasteiger partial charge in [-0.05, 0) is 24.0 Å². The van der Waals surface area contributed by atoms with E-state index in [1.165, 1.54) is 6.07 Å². The van der Waals surface area contributed by atoms with E-state index in [2.05, 4.69) is 20.8 Å². The number of carboxylic acids is 1. The number of hydrogen-bond acceptors (Lipinski definition) is 3. The van der Waals surface area contributed by atoms with Crippen molar-refractivity contribution < 1.29 is 19.4 Å². The predicted molar refractivity (Wildman–Crippen MR) is 73.8 cm³/mol. The molecule has 0 fully saturated rings. The van der Waals surface area contributed by atoms with Crippen LogP contribution < -0.4 is 4.74 Å². The Labute approximate surface area is 114 Å². The summed E-state index contributed by atoms with van der Waals surface area (Å²) in [5, 5.41) is 8.98. The summed E-state index contributed by atoms with van der Waals surface area (Å²) < 4.78 is 10.9. The fraction of sp³-hybridized carbons (Fsp3) is 0.533. The lowest BCUT2D eigenvalue weighted by Crippen LogP contribution is -2.13. The van der Waals surface area contributed by atoms with E-state index < -0.39 is 5.97 Å². The summed E-state index contributed by atoms with van der Waals surface area (Å²) in [7, 11) is 0. The first kappa shape index (κ1) is 15.5. The monoisotopic (exact) mass is 266 g/mol. The highest BCUT2D eigenvalue weighted by atomic mass is 16.5. The Morgan fingerprint density at radius 1 is 1.16 bits per heavy atom. The average molecular weight is 266 g/mol. The van der Waals surface area contributed by atoms with E-state index >= 15 is 0 Å². The third-order valence-corrected chi connectivity index (χ3v) is 2.60. The van der Waals surface area contributed by atoms with Crippen molar-refractivity contribution in [2.75, 3.05) is 19.8 Å². The standard InChI is InChI=1S/C15H22O4/c1-15(2,3)8-9-18-10-11-19-13-7-5-4-6-12(13)14(16)17/h4-7H,8-11H2,1-3H3,(H,16,17). The molecule has 0 unspecified atom stereocenters. The predicted octanol–water partition coefficient (Wildman–Crippen LogP) is 3.22. The Morgan fingerprint density at radius 2 is 1.84 bits per heavy atom. The highest BCUT2D eigenvalue weighted by Crippen LogP contribution is 2.19. The lowest BCUT2D eigenvalue weighted by molar-refractivity contribution is 0.0676. The summed E-state index contributed by atoms with van der Waals surface area (Å²) >= 11 is 0. The van der Waals surface area contributed by atoms with Crippen LogP contribution in [0.15, 0.2) is 24.3 Å². The van der Waals surface area contributed by atoms with Gasteiger partial charge in [0.05, 0.1) is 6.61 Å². The molecule has 0 atom stereocenters. The van der Waals surface area contributed by atoms with Crippen LogP contribution in [-0.4, -0.2) is 30.9 Å². The molecule has 0 saturated heterocycles. The van der Waals surface area contributed by atoms with Gasteiger partial charge in [0.1, 0.15) is 17.9 Å². The van der Waals surface area contributed by atoms with Gasteiger partial charge in [-0.2, -0.15) is 0 Å². The molecule has 4 heteroatoms. The van der Waals surface area contributed by atoms with E-state index in [-0.39, 0.29) is 11.0 Å². The maximum Gasteiger partial charge on any atom is 0.339 e. The first-order chi connectivity index (χ1) is 8.90. The van der Waals surface area contributed by atoms with Crippen LogP contribution in [-0.2, 0) is 4.74 Å². The number of aromatic carboxylic acids is 1. The SMILES string of the molecule is CC(C)(C)CCOCCOc1ccccc1C(=O)O. The molecule has 0 radical (unpaired) electrons. The minimum absolute atomic E-state index is 0.178. The van der Waals surface area contributed by atoms with Crippen molar-refractivity contribution in [2.45, 2.75) is 27.2 Å². The molecule has 0 heterocycles. The molecule has 1 rings (SSSR count). The van der Waals surface area contributed by atoms with Crippen LogP contribution in [0.2, 0.25) is 0 Å². The first-order valence-electron chi connectivity index (χ1n) is 6.43. The molecule has 0 aliphatic rings. The second-order valence-electron chi connectivity index (χ2n) is 5.57. The summed E-state index contributed by atoms with van der Waals surface area (Å²) in [4.78, 5) is 11.0. The molecule has 0 bridgehead atoms. The van der Waals surface area contributed by atoms with Crippen LogP contribution in [0.3, 0.4) is 0 Å². The van der Waals surface area contributed by atoms with Crippen molar-refractivity contribution in [3.05, 3.63) is 29.8 Å². The lowest BCUT2D eigenvalue weighted by Gasteiger charge is -2.17. The first-order valence-corrected chi connectivity index (χ1v) is 6.43. The maximum absolute atomic E-state index is 11.0. The molecule has 4 nitrogen and oxygen atoms in total. The molecule has 0 aliphatic heterocycles. The molecule has 1 aromatic rings. The second kappa shape index (κ2) is 7.14. The van der Waals surface area contributed by atoms with Crippen molar-refractivity contribution in [3.63, 3.8) is 0 Å². The fourth-order valence-corrected chi connectivity index (χ4v) is 1.46. The van der Waals surface area contributed by atoms with Gasteiger partial charge < -0.3 is 14.6 Å². The largest absolute Gasteiger partial charge is 0.490 e. The molecule has 0 aliphatic carbocycles. The van der Waals surface area contributed by atoms with Crippen LogP contribution in [0.1, 0.15) is 37.6 Å². The number of para-hydroxylation sites is 1. The second-order valence-corrected chi connectivity index (χ2v) is 5.57. The molecule has 1 N–H and O–H groups in total. The van der Waals surface area contributed by atoms with E-state index in [0.29, 0.717) is 25.6 Å². The van der Waals surface area contributed by atoms with Gasteiger partial charge in [0, 0.05) is 6.61 Å². The van der Waals surface area contributed by atoms with Crippen molar-refractivity contribution in [2.24, 2.45) is 5.41 Å². The van der Waals surface area contributed by atoms with Gasteiger partial charge in [-0.3, -0.25) is 0 Å². The van der Waals surface area contributed by atoms with E-state index in [0.717, 1.165) is 6.42 Å². The minimum Gasteiger partial charge on any atom is -0.490 e. The number of carboxylic acid groups (broad SMARTS) is 1. The summed E-state index contributed by atoms with van der Waals surface area (Å²) in [5.74, 6) is -0.598. The normalized spacial score (nSPS) is 11.3.